The third-order valence-corrected chi connectivity index (χ3v) is 3.07. The zero-order valence-electron chi connectivity index (χ0n) is 8.08. The molecule has 3 nitrogen and oxygen atoms in total. The molecule has 2 N–H and O–H groups in total. The zero-order chi connectivity index (χ0) is 9.42. The summed E-state index contributed by atoms with van der Waals surface area (Å²) in [6, 6.07) is 0. The summed E-state index contributed by atoms with van der Waals surface area (Å²) in [5.74, 6) is 0.728. The molecule has 0 aliphatic carbocycles. The van der Waals surface area contributed by atoms with Crippen molar-refractivity contribution in [1.29, 1.82) is 0 Å². The molecule has 13 heavy (non-hydrogen) atoms. The fraction of sp³-hybridized carbons (Fsp3) is 0.667. The fourth-order valence-corrected chi connectivity index (χ4v) is 2.65. The highest BCUT2D eigenvalue weighted by Gasteiger charge is 2.22. The van der Waals surface area contributed by atoms with Gasteiger partial charge in [0, 0.05) is 24.5 Å². The van der Waals surface area contributed by atoms with Gasteiger partial charge in [-0.2, -0.15) is 0 Å². The molecular formula is C9H15N3S. The van der Waals surface area contributed by atoms with Gasteiger partial charge in [-0.15, -0.1) is 11.3 Å². The van der Waals surface area contributed by atoms with E-state index in [-0.39, 0.29) is 0 Å². The Hall–Kier alpha value is -0.610. The minimum Gasteiger partial charge on any atom is -0.375 e. The third-order valence-electron chi connectivity index (χ3n) is 2.16. The number of anilines is 1. The molecule has 0 amide bonds. The minimum absolute atomic E-state index is 0.717. The van der Waals surface area contributed by atoms with E-state index in [1.165, 1.54) is 10.6 Å². The van der Waals surface area contributed by atoms with Crippen LogP contribution < -0.4 is 5.73 Å². The molecule has 1 aliphatic rings. The number of aromatic nitrogens is 1. The van der Waals surface area contributed by atoms with E-state index >= 15 is 0 Å². The van der Waals surface area contributed by atoms with Crippen molar-refractivity contribution < 1.29 is 0 Å². The maximum absolute atomic E-state index is 5.62. The van der Waals surface area contributed by atoms with Crippen molar-refractivity contribution in [2.45, 2.75) is 26.9 Å². The van der Waals surface area contributed by atoms with E-state index in [0.29, 0.717) is 5.13 Å². The van der Waals surface area contributed by atoms with E-state index < -0.39 is 0 Å². The van der Waals surface area contributed by atoms with Gasteiger partial charge >= 0.3 is 0 Å². The normalized spacial score (nSPS) is 16.8. The van der Waals surface area contributed by atoms with E-state index in [1.807, 2.05) is 0 Å². The summed E-state index contributed by atoms with van der Waals surface area (Å²) in [6.07, 6.45) is 0. The standard InChI is InChI=1S/C9H15N3S/c1-6(2)3-12-4-7-8(5-12)13-9(10)11-7/h6H,3-5H2,1-2H3,(H2,10,11). The second-order valence-electron chi connectivity index (χ2n) is 3.99. The predicted octanol–water partition coefficient (Wildman–Crippen LogP) is 1.70. The Balaban J connectivity index is 2.02. The van der Waals surface area contributed by atoms with Crippen LogP contribution in [-0.2, 0) is 13.1 Å². The Morgan fingerprint density at radius 3 is 2.92 bits per heavy atom. The first-order chi connectivity index (χ1) is 6.15. The largest absolute Gasteiger partial charge is 0.375 e. The molecule has 0 radical (unpaired) electrons. The lowest BCUT2D eigenvalue weighted by Gasteiger charge is -2.16. The molecule has 1 aromatic heterocycles. The molecule has 0 spiro atoms. The van der Waals surface area contributed by atoms with Crippen LogP contribution in [0.25, 0.3) is 0 Å². The van der Waals surface area contributed by atoms with Gasteiger partial charge in [-0.25, -0.2) is 4.98 Å². The zero-order valence-corrected chi connectivity index (χ0v) is 8.90. The maximum Gasteiger partial charge on any atom is 0.180 e. The molecule has 2 heterocycles. The molecule has 1 aromatic rings. The van der Waals surface area contributed by atoms with Gasteiger partial charge in [-0.05, 0) is 5.92 Å². The molecule has 0 atom stereocenters. The van der Waals surface area contributed by atoms with Gasteiger partial charge in [0.1, 0.15) is 0 Å². The molecule has 2 rings (SSSR count). The molecule has 0 fully saturated rings. The number of hydrogen-bond donors (Lipinski definition) is 1. The van der Waals surface area contributed by atoms with Crippen LogP contribution in [0, 0.1) is 5.92 Å². The molecule has 4 heteroatoms. The number of hydrogen-bond acceptors (Lipinski definition) is 4. The lowest BCUT2D eigenvalue weighted by Crippen LogP contribution is -2.21. The topological polar surface area (TPSA) is 42.2 Å². The number of nitrogens with two attached hydrogens (primary N) is 1. The molecule has 0 unspecified atom stereocenters. The Morgan fingerprint density at radius 2 is 2.31 bits per heavy atom. The lowest BCUT2D eigenvalue weighted by molar-refractivity contribution is 0.251. The first kappa shape index (κ1) is 8.97. The SMILES string of the molecule is CC(C)CN1Cc2nc(N)sc2C1. The van der Waals surface area contributed by atoms with Crippen molar-refractivity contribution in [2.75, 3.05) is 12.3 Å². The monoisotopic (exact) mass is 197 g/mol. The van der Waals surface area contributed by atoms with E-state index in [4.69, 9.17) is 5.73 Å². The smallest absolute Gasteiger partial charge is 0.180 e. The highest BCUT2D eigenvalue weighted by Crippen LogP contribution is 2.29. The Morgan fingerprint density at radius 1 is 1.54 bits per heavy atom. The number of nitrogen functional groups attached to an aromatic ring is 1. The molecular weight excluding hydrogens is 182 g/mol. The highest BCUT2D eigenvalue weighted by molar-refractivity contribution is 7.15. The van der Waals surface area contributed by atoms with Crippen LogP contribution in [0.1, 0.15) is 24.4 Å². The van der Waals surface area contributed by atoms with Crippen molar-refractivity contribution in [2.24, 2.45) is 5.92 Å². The van der Waals surface area contributed by atoms with Crippen LogP contribution in [0.3, 0.4) is 0 Å². The van der Waals surface area contributed by atoms with Crippen LogP contribution in [-0.4, -0.2) is 16.4 Å². The lowest BCUT2D eigenvalue weighted by atomic mass is 10.2. The number of thiazole rings is 1. The number of rotatable bonds is 2. The van der Waals surface area contributed by atoms with Crippen molar-refractivity contribution in [3.8, 4) is 0 Å². The first-order valence-corrected chi connectivity index (χ1v) is 5.43. The first-order valence-electron chi connectivity index (χ1n) is 4.61. The van der Waals surface area contributed by atoms with E-state index in [0.717, 1.165) is 25.6 Å². The number of nitrogens with zero attached hydrogens (tertiary/aromatic N) is 2. The fourth-order valence-electron chi connectivity index (χ4n) is 1.77. The quantitative estimate of drug-likeness (QED) is 0.784. The Labute approximate surface area is 82.6 Å². The van der Waals surface area contributed by atoms with Gasteiger partial charge in [0.2, 0.25) is 0 Å². The van der Waals surface area contributed by atoms with E-state index in [2.05, 4.69) is 23.7 Å². The summed E-state index contributed by atoms with van der Waals surface area (Å²) in [4.78, 5) is 8.09. The van der Waals surface area contributed by atoms with Crippen LogP contribution in [0.15, 0.2) is 0 Å². The minimum atomic E-state index is 0.717. The van der Waals surface area contributed by atoms with Crippen LogP contribution in [0.5, 0.6) is 0 Å². The van der Waals surface area contributed by atoms with Crippen molar-refractivity contribution in [3.63, 3.8) is 0 Å². The maximum atomic E-state index is 5.62. The highest BCUT2D eigenvalue weighted by atomic mass is 32.1. The van der Waals surface area contributed by atoms with Gasteiger partial charge in [0.25, 0.3) is 0 Å². The predicted molar refractivity (Wildman–Crippen MR) is 55.5 cm³/mol. The number of fused-ring (bicyclic) bond motifs is 1. The van der Waals surface area contributed by atoms with Crippen LogP contribution in [0.2, 0.25) is 0 Å². The Bertz CT molecular complexity index is 282. The summed E-state index contributed by atoms with van der Waals surface area (Å²) in [6.45, 7) is 7.68. The van der Waals surface area contributed by atoms with Crippen LogP contribution in [0.4, 0.5) is 5.13 Å². The summed E-state index contributed by atoms with van der Waals surface area (Å²) >= 11 is 1.63. The van der Waals surface area contributed by atoms with Crippen molar-refractivity contribution in [3.05, 3.63) is 10.6 Å². The molecule has 1 aliphatic heterocycles. The third kappa shape index (κ3) is 1.84. The summed E-state index contributed by atoms with van der Waals surface area (Å²) < 4.78 is 0. The van der Waals surface area contributed by atoms with Crippen molar-refractivity contribution >= 4 is 16.5 Å². The summed E-state index contributed by atoms with van der Waals surface area (Å²) in [7, 11) is 0. The molecule has 0 aromatic carbocycles. The van der Waals surface area contributed by atoms with Gasteiger partial charge in [0.15, 0.2) is 5.13 Å². The average Bonchev–Trinajstić information content (AvgIpc) is 2.41. The van der Waals surface area contributed by atoms with Gasteiger partial charge in [0.05, 0.1) is 5.69 Å². The second-order valence-corrected chi connectivity index (χ2v) is 5.10. The average molecular weight is 197 g/mol. The van der Waals surface area contributed by atoms with Gasteiger partial charge < -0.3 is 5.73 Å². The van der Waals surface area contributed by atoms with Gasteiger partial charge in [-0.1, -0.05) is 13.8 Å². The van der Waals surface area contributed by atoms with Crippen molar-refractivity contribution in [1.82, 2.24) is 9.88 Å². The molecule has 72 valence electrons. The Kier molecular flexibility index (Phi) is 2.26. The molecule has 0 bridgehead atoms. The molecule has 0 saturated carbocycles. The summed E-state index contributed by atoms with van der Waals surface area (Å²) in [5, 5.41) is 0.717. The summed E-state index contributed by atoms with van der Waals surface area (Å²) in [5.41, 5.74) is 6.82. The van der Waals surface area contributed by atoms with E-state index in [9.17, 15) is 0 Å². The van der Waals surface area contributed by atoms with Gasteiger partial charge in [-0.3, -0.25) is 4.90 Å². The molecule has 0 saturated heterocycles. The van der Waals surface area contributed by atoms with E-state index in [1.54, 1.807) is 11.3 Å². The second kappa shape index (κ2) is 3.27. The van der Waals surface area contributed by atoms with Crippen LogP contribution >= 0.6 is 11.3 Å².